The zero-order valence-electron chi connectivity index (χ0n) is 24.0. The summed E-state index contributed by atoms with van der Waals surface area (Å²) in [6.45, 7) is 1.82. The first kappa shape index (κ1) is 30.8. The van der Waals surface area contributed by atoms with Crippen molar-refractivity contribution in [2.24, 2.45) is 0 Å². The molecule has 3 N–H and O–H groups in total. The van der Waals surface area contributed by atoms with Gasteiger partial charge in [-0.2, -0.15) is 0 Å². The van der Waals surface area contributed by atoms with Crippen molar-refractivity contribution in [2.75, 3.05) is 40.7 Å². The van der Waals surface area contributed by atoms with Crippen molar-refractivity contribution in [3.05, 3.63) is 77.9 Å². The van der Waals surface area contributed by atoms with Gasteiger partial charge in [-0.3, -0.25) is 4.79 Å². The van der Waals surface area contributed by atoms with E-state index in [1.165, 1.54) is 7.11 Å². The van der Waals surface area contributed by atoms with E-state index in [-0.39, 0.29) is 18.6 Å². The molecule has 1 unspecified atom stereocenters. The number of aliphatic hydroxyl groups is 1. The van der Waals surface area contributed by atoms with E-state index < -0.39 is 26.2 Å². The maximum absolute atomic E-state index is 13.0. The number of carbonyl (C=O) groups is 2. The second-order valence-electron chi connectivity index (χ2n) is 10.2. The van der Waals surface area contributed by atoms with Gasteiger partial charge in [0.25, 0.3) is 0 Å². The second-order valence-corrected chi connectivity index (χ2v) is 15.7. The van der Waals surface area contributed by atoms with Crippen molar-refractivity contribution < 1.29 is 24.2 Å². The third-order valence-corrected chi connectivity index (χ3v) is 10.7. The van der Waals surface area contributed by atoms with Gasteiger partial charge >= 0.3 is 176 Å². The molecule has 0 aliphatic carbocycles. The van der Waals surface area contributed by atoms with Gasteiger partial charge in [0.2, 0.25) is 5.91 Å². The number of alkyl halides is 2. The molecule has 2 amide bonds. The quantitative estimate of drug-likeness (QED) is 0.122. The Labute approximate surface area is 250 Å². The monoisotopic (exact) mass is 673 g/mol. The Morgan fingerprint density at radius 3 is 2.51 bits per heavy atom. The zero-order valence-corrected chi connectivity index (χ0v) is 26.1. The van der Waals surface area contributed by atoms with Crippen LogP contribution in [-0.2, 0) is 22.6 Å². The van der Waals surface area contributed by atoms with Crippen molar-refractivity contribution in [2.45, 2.75) is 44.8 Å². The van der Waals surface area contributed by atoms with Crippen molar-refractivity contribution in [1.82, 2.24) is 3.11 Å². The molecule has 0 aromatic heterocycles. The van der Waals surface area contributed by atoms with Crippen LogP contribution in [0.1, 0.15) is 36.8 Å². The minimum absolute atomic E-state index is 0.0937. The fraction of sp³-hybridized carbons (Fsp3) is 0.375. The average molecular weight is 674 g/mol. The molecule has 41 heavy (non-hydrogen) atoms. The Bertz CT molecular complexity index is 1320. The maximum atomic E-state index is 13.0. The molecular weight excluding hydrogens is 633 g/mol. The number of carbonyl (C=O) groups excluding carboxylic acids is 2. The van der Waals surface area contributed by atoms with Gasteiger partial charge in [0, 0.05) is 0 Å². The van der Waals surface area contributed by atoms with Crippen LogP contribution in [0.2, 0.25) is 0 Å². The number of hydrogen-bond donors (Lipinski definition) is 3. The molecule has 1 aliphatic rings. The number of hydrogen-bond acceptors (Lipinski definition) is 6. The van der Waals surface area contributed by atoms with Crippen LogP contribution in [0.25, 0.3) is 11.1 Å². The van der Waals surface area contributed by atoms with Crippen molar-refractivity contribution >= 4 is 43.5 Å². The third-order valence-electron chi connectivity index (χ3n) is 7.08. The second kappa shape index (κ2) is 15.2. The number of nitrogens with one attached hydrogen (secondary N) is 2. The van der Waals surface area contributed by atoms with E-state index in [9.17, 15) is 14.7 Å². The molecule has 0 radical (unpaired) electrons. The molecule has 3 aromatic rings. The number of nitrogens with zero attached hydrogens (tertiary/aromatic N) is 1. The molecular formula is C32H40IN3O5. The van der Waals surface area contributed by atoms with Crippen LogP contribution >= 0.6 is 20.1 Å². The van der Waals surface area contributed by atoms with E-state index in [4.69, 9.17) is 9.47 Å². The van der Waals surface area contributed by atoms with Gasteiger partial charge in [-0.15, -0.1) is 0 Å². The van der Waals surface area contributed by atoms with Crippen LogP contribution in [0.15, 0.2) is 66.7 Å². The van der Waals surface area contributed by atoms with E-state index in [2.05, 4.69) is 23.6 Å². The van der Waals surface area contributed by atoms with E-state index >= 15 is 0 Å². The summed E-state index contributed by atoms with van der Waals surface area (Å²) < 4.78 is 13.7. The van der Waals surface area contributed by atoms with Gasteiger partial charge in [-0.25, -0.2) is 0 Å². The average Bonchev–Trinajstić information content (AvgIpc) is 2.98. The molecule has 1 heterocycles. The van der Waals surface area contributed by atoms with Crippen LogP contribution in [-0.4, -0.2) is 56.4 Å². The van der Waals surface area contributed by atoms with Crippen molar-refractivity contribution in [3.8, 4) is 16.9 Å². The predicted molar refractivity (Wildman–Crippen MR) is 173 cm³/mol. The molecule has 4 rings (SSSR count). The molecule has 1 fully saturated rings. The number of halogens is 1. The number of aliphatic hydroxyl groups excluding tert-OH is 1. The molecule has 9 heteroatoms. The number of aryl methyl sites for hydroxylation is 1. The van der Waals surface area contributed by atoms with Gasteiger partial charge in [0.15, 0.2) is 0 Å². The summed E-state index contributed by atoms with van der Waals surface area (Å²) in [6.07, 6.45) is 3.04. The number of piperidine rings is 1. The van der Waals surface area contributed by atoms with Crippen LogP contribution in [0.3, 0.4) is 0 Å². The Morgan fingerprint density at radius 2 is 1.78 bits per heavy atom. The van der Waals surface area contributed by atoms with Gasteiger partial charge < -0.3 is 15.2 Å². The van der Waals surface area contributed by atoms with Crippen molar-refractivity contribution in [3.63, 3.8) is 0 Å². The van der Waals surface area contributed by atoms with E-state index in [1.54, 1.807) is 18.2 Å². The Hall–Kier alpha value is -3.15. The third kappa shape index (κ3) is 8.92. The standard InChI is InChI=1S/C32H40IN3O5/c1-33(2)36-18-8-12-26(21-36)41-32(39)35-29-19-23(14-16-27(29)25-10-5-4-6-11-25)9-7-13-31(38)34-28-17-15-24(22-37)20-30(28)40-3/h4-6,10-11,14-17,19-20,26,37H,7-9,12-13,18,21-22H2,1-3H3,(H,34,38)(H,35,39). The van der Waals surface area contributed by atoms with Crippen LogP contribution in [0, 0.1) is 0 Å². The molecule has 0 saturated carbocycles. The number of anilines is 2. The SMILES string of the molecule is COc1cc(CO)ccc1NC(=O)CCCc1ccc(-c2ccccc2)c(NC(=O)OC2CCCN(I(C)C)C2)c1. The summed E-state index contributed by atoms with van der Waals surface area (Å²) >= 11 is -1.10. The van der Waals surface area contributed by atoms with Crippen molar-refractivity contribution in [1.29, 1.82) is 0 Å². The Balaban J connectivity index is 1.40. The number of methoxy groups -OCH3 is 1. The van der Waals surface area contributed by atoms with Gasteiger partial charge in [0.05, 0.1) is 19.4 Å². The van der Waals surface area contributed by atoms with E-state index in [0.29, 0.717) is 42.0 Å². The topological polar surface area (TPSA) is 100 Å². The minimum atomic E-state index is -1.10. The number of ether oxygens (including phenoxy) is 2. The van der Waals surface area contributed by atoms with Crippen LogP contribution < -0.4 is 15.4 Å². The molecule has 8 nitrogen and oxygen atoms in total. The fourth-order valence-corrected chi connectivity index (χ4v) is 7.44. The zero-order chi connectivity index (χ0) is 29.2. The normalized spacial score (nSPS) is 15.6. The summed E-state index contributed by atoms with van der Waals surface area (Å²) in [4.78, 5) is 30.3. The van der Waals surface area contributed by atoms with Crippen LogP contribution in [0.5, 0.6) is 5.75 Å². The number of benzene rings is 3. The van der Waals surface area contributed by atoms with E-state index in [1.807, 2.05) is 48.5 Å². The van der Waals surface area contributed by atoms with E-state index in [0.717, 1.165) is 42.6 Å². The van der Waals surface area contributed by atoms with Gasteiger partial charge in [0.1, 0.15) is 5.75 Å². The summed E-state index contributed by atoms with van der Waals surface area (Å²) in [5, 5.41) is 15.2. The molecule has 220 valence electrons. The first-order valence-electron chi connectivity index (χ1n) is 13.8. The molecule has 1 saturated heterocycles. The first-order valence-corrected chi connectivity index (χ1v) is 19.1. The molecule has 3 aromatic carbocycles. The fourth-order valence-electron chi connectivity index (χ4n) is 4.91. The number of amides is 2. The van der Waals surface area contributed by atoms with Gasteiger partial charge in [-0.05, 0) is 17.7 Å². The number of rotatable bonds is 11. The summed E-state index contributed by atoms with van der Waals surface area (Å²) in [7, 11) is 1.53. The van der Waals surface area contributed by atoms with Gasteiger partial charge in [-0.1, -0.05) is 6.07 Å². The summed E-state index contributed by atoms with van der Waals surface area (Å²) in [5.74, 6) is 0.394. The first-order chi connectivity index (χ1) is 19.9. The summed E-state index contributed by atoms with van der Waals surface area (Å²) in [5.41, 5.74) is 4.93. The molecule has 0 bridgehead atoms. The Kier molecular flexibility index (Phi) is 11.4. The molecule has 1 atom stereocenters. The Morgan fingerprint density at radius 1 is 1.00 bits per heavy atom. The van der Waals surface area contributed by atoms with Crippen LogP contribution in [0.4, 0.5) is 16.2 Å². The summed E-state index contributed by atoms with van der Waals surface area (Å²) in [6, 6.07) is 21.2. The predicted octanol–water partition coefficient (Wildman–Crippen LogP) is 6.51. The molecule has 1 aliphatic heterocycles. The molecule has 0 spiro atoms.